The van der Waals surface area contributed by atoms with Gasteiger partial charge in [0.15, 0.2) is 11.0 Å². The SMILES string of the molecule is CCn1c(SCC(=O)N2CCCCC2)nnc1-c1ccc(S(=O)(=O)N2CCOCC2)cc1. The molecule has 0 N–H and O–H groups in total. The van der Waals surface area contributed by atoms with Gasteiger partial charge in [-0.2, -0.15) is 4.31 Å². The fourth-order valence-corrected chi connectivity index (χ4v) is 6.28. The molecule has 2 fully saturated rings. The van der Waals surface area contributed by atoms with Crippen LogP contribution < -0.4 is 0 Å². The summed E-state index contributed by atoms with van der Waals surface area (Å²) in [5, 5.41) is 9.30. The summed E-state index contributed by atoms with van der Waals surface area (Å²) in [7, 11) is -3.54. The molecule has 2 aliphatic heterocycles. The van der Waals surface area contributed by atoms with Gasteiger partial charge in [0.2, 0.25) is 15.9 Å². The summed E-state index contributed by atoms with van der Waals surface area (Å²) >= 11 is 1.40. The average molecular weight is 480 g/mol. The number of sulfonamides is 1. The molecule has 1 amide bonds. The number of amides is 1. The van der Waals surface area contributed by atoms with Gasteiger partial charge in [0.05, 0.1) is 23.9 Å². The van der Waals surface area contributed by atoms with Crippen molar-refractivity contribution >= 4 is 27.7 Å². The first-order valence-corrected chi connectivity index (χ1v) is 13.5. The van der Waals surface area contributed by atoms with E-state index in [-0.39, 0.29) is 10.8 Å². The van der Waals surface area contributed by atoms with Gasteiger partial charge in [-0.3, -0.25) is 4.79 Å². The molecular weight excluding hydrogens is 450 g/mol. The van der Waals surface area contributed by atoms with E-state index in [9.17, 15) is 13.2 Å². The van der Waals surface area contributed by atoms with Gasteiger partial charge in [0.1, 0.15) is 0 Å². The Balaban J connectivity index is 1.46. The first kappa shape index (κ1) is 23.2. The van der Waals surface area contributed by atoms with Crippen LogP contribution in [0, 0.1) is 0 Å². The summed E-state index contributed by atoms with van der Waals surface area (Å²) in [5.41, 5.74) is 0.787. The largest absolute Gasteiger partial charge is 0.379 e. The molecule has 2 aromatic rings. The maximum Gasteiger partial charge on any atom is 0.243 e. The van der Waals surface area contributed by atoms with E-state index in [0.29, 0.717) is 49.6 Å². The number of carbonyl (C=O) groups excluding carboxylic acids is 1. The Morgan fingerprint density at radius 3 is 2.38 bits per heavy atom. The Kier molecular flexibility index (Phi) is 7.49. The number of rotatable bonds is 7. The highest BCUT2D eigenvalue weighted by Gasteiger charge is 2.26. The number of piperidine rings is 1. The highest BCUT2D eigenvalue weighted by atomic mass is 32.2. The third-order valence-electron chi connectivity index (χ3n) is 5.79. The summed E-state index contributed by atoms with van der Waals surface area (Å²) < 4.78 is 34.3. The molecular formula is C21H29N5O4S2. The van der Waals surface area contributed by atoms with Crippen LogP contribution in [-0.4, -0.2) is 83.4 Å². The van der Waals surface area contributed by atoms with Gasteiger partial charge in [-0.25, -0.2) is 8.42 Å². The van der Waals surface area contributed by atoms with Crippen LogP contribution in [0.15, 0.2) is 34.3 Å². The van der Waals surface area contributed by atoms with Gasteiger partial charge < -0.3 is 14.2 Å². The molecule has 2 aliphatic rings. The van der Waals surface area contributed by atoms with Gasteiger partial charge in [-0.1, -0.05) is 11.8 Å². The molecule has 0 saturated carbocycles. The molecule has 174 valence electrons. The van der Waals surface area contributed by atoms with E-state index < -0.39 is 10.0 Å². The zero-order chi connectivity index (χ0) is 22.6. The second-order valence-electron chi connectivity index (χ2n) is 7.82. The smallest absolute Gasteiger partial charge is 0.243 e. The summed E-state index contributed by atoms with van der Waals surface area (Å²) in [4.78, 5) is 14.7. The van der Waals surface area contributed by atoms with E-state index >= 15 is 0 Å². The van der Waals surface area contributed by atoms with Crippen molar-refractivity contribution in [3.8, 4) is 11.4 Å². The lowest BCUT2D eigenvalue weighted by atomic mass is 10.1. The van der Waals surface area contributed by atoms with Crippen LogP contribution in [-0.2, 0) is 26.1 Å². The van der Waals surface area contributed by atoms with E-state index in [1.165, 1.54) is 22.5 Å². The van der Waals surface area contributed by atoms with E-state index in [2.05, 4.69) is 10.2 Å². The molecule has 1 aromatic carbocycles. The topological polar surface area (TPSA) is 97.6 Å². The summed E-state index contributed by atoms with van der Waals surface area (Å²) in [6, 6.07) is 6.75. The number of ether oxygens (including phenoxy) is 1. The van der Waals surface area contributed by atoms with Crippen LogP contribution in [0.1, 0.15) is 26.2 Å². The summed E-state index contributed by atoms with van der Waals surface area (Å²) in [6.07, 6.45) is 3.34. The molecule has 4 rings (SSSR count). The minimum Gasteiger partial charge on any atom is -0.379 e. The van der Waals surface area contributed by atoms with Crippen LogP contribution >= 0.6 is 11.8 Å². The Labute approximate surface area is 193 Å². The molecule has 0 radical (unpaired) electrons. The molecule has 9 nitrogen and oxygen atoms in total. The van der Waals surface area contributed by atoms with Gasteiger partial charge in [-0.05, 0) is 50.5 Å². The maximum absolute atomic E-state index is 12.8. The fraction of sp³-hybridized carbons (Fsp3) is 0.571. The first-order chi connectivity index (χ1) is 15.5. The van der Waals surface area contributed by atoms with Crippen molar-refractivity contribution in [2.75, 3.05) is 45.1 Å². The van der Waals surface area contributed by atoms with Crippen LogP contribution in [0.5, 0.6) is 0 Å². The maximum atomic E-state index is 12.8. The monoisotopic (exact) mass is 479 g/mol. The number of carbonyl (C=O) groups is 1. The predicted octanol–water partition coefficient (Wildman–Crippen LogP) is 2.09. The molecule has 0 atom stereocenters. The third-order valence-corrected chi connectivity index (χ3v) is 8.65. The van der Waals surface area contributed by atoms with E-state index in [4.69, 9.17) is 4.74 Å². The number of hydrogen-bond donors (Lipinski definition) is 0. The van der Waals surface area contributed by atoms with Crippen LogP contribution in [0.4, 0.5) is 0 Å². The van der Waals surface area contributed by atoms with Crippen molar-refractivity contribution in [2.45, 2.75) is 42.8 Å². The molecule has 1 aromatic heterocycles. The van der Waals surface area contributed by atoms with Gasteiger partial charge in [0, 0.05) is 38.3 Å². The Bertz CT molecular complexity index is 1030. The molecule has 0 spiro atoms. The minimum atomic E-state index is -3.54. The lowest BCUT2D eigenvalue weighted by Crippen LogP contribution is -2.40. The lowest BCUT2D eigenvalue weighted by molar-refractivity contribution is -0.129. The van der Waals surface area contributed by atoms with Crippen molar-refractivity contribution in [1.29, 1.82) is 0 Å². The second kappa shape index (κ2) is 10.3. The minimum absolute atomic E-state index is 0.138. The van der Waals surface area contributed by atoms with Crippen molar-refractivity contribution in [3.63, 3.8) is 0 Å². The highest BCUT2D eigenvalue weighted by Crippen LogP contribution is 2.26. The van der Waals surface area contributed by atoms with Crippen molar-refractivity contribution in [3.05, 3.63) is 24.3 Å². The molecule has 0 aliphatic carbocycles. The quantitative estimate of drug-likeness (QED) is 0.561. The lowest BCUT2D eigenvalue weighted by Gasteiger charge is -2.26. The van der Waals surface area contributed by atoms with E-state index in [1.54, 1.807) is 24.3 Å². The molecule has 32 heavy (non-hydrogen) atoms. The van der Waals surface area contributed by atoms with Crippen molar-refractivity contribution in [2.24, 2.45) is 0 Å². The normalized spacial score (nSPS) is 18.1. The third kappa shape index (κ3) is 5.00. The van der Waals surface area contributed by atoms with E-state index in [1.807, 2.05) is 16.4 Å². The number of hydrogen-bond acceptors (Lipinski definition) is 7. The van der Waals surface area contributed by atoms with E-state index in [0.717, 1.165) is 31.5 Å². The fourth-order valence-electron chi connectivity index (χ4n) is 3.97. The molecule has 3 heterocycles. The molecule has 11 heteroatoms. The molecule has 0 bridgehead atoms. The van der Waals surface area contributed by atoms with Crippen molar-refractivity contribution in [1.82, 2.24) is 24.0 Å². The zero-order valence-electron chi connectivity index (χ0n) is 18.3. The van der Waals surface area contributed by atoms with Crippen LogP contribution in [0.3, 0.4) is 0 Å². The number of benzene rings is 1. The van der Waals surface area contributed by atoms with Crippen molar-refractivity contribution < 1.29 is 17.9 Å². The standard InChI is InChI=1S/C21H29N5O4S2/c1-2-26-20(22-23-21(26)31-16-19(27)24-10-4-3-5-11-24)17-6-8-18(9-7-17)32(28,29)25-12-14-30-15-13-25/h6-9H,2-5,10-16H2,1H3. The van der Waals surface area contributed by atoms with Crippen LogP contribution in [0.2, 0.25) is 0 Å². The predicted molar refractivity (Wildman–Crippen MR) is 122 cm³/mol. The van der Waals surface area contributed by atoms with Gasteiger partial charge in [0.25, 0.3) is 0 Å². The number of thioether (sulfide) groups is 1. The Morgan fingerprint density at radius 2 is 1.72 bits per heavy atom. The average Bonchev–Trinajstić information content (AvgIpc) is 3.26. The second-order valence-corrected chi connectivity index (χ2v) is 10.7. The van der Waals surface area contributed by atoms with Gasteiger partial charge in [-0.15, -0.1) is 10.2 Å². The number of morpholine rings is 1. The summed E-state index contributed by atoms with van der Waals surface area (Å²) in [5.74, 6) is 1.14. The Morgan fingerprint density at radius 1 is 1.03 bits per heavy atom. The first-order valence-electron chi connectivity index (χ1n) is 11.0. The summed E-state index contributed by atoms with van der Waals surface area (Å²) in [6.45, 7) is 5.89. The Hall–Kier alpha value is -1.95. The molecule has 0 unspecified atom stereocenters. The number of aromatic nitrogens is 3. The number of nitrogens with zero attached hydrogens (tertiary/aromatic N) is 5. The van der Waals surface area contributed by atoms with Crippen LogP contribution in [0.25, 0.3) is 11.4 Å². The molecule has 2 saturated heterocycles. The van der Waals surface area contributed by atoms with Gasteiger partial charge >= 0.3 is 0 Å². The highest BCUT2D eigenvalue weighted by molar-refractivity contribution is 7.99. The zero-order valence-corrected chi connectivity index (χ0v) is 19.9. The number of likely N-dealkylation sites (tertiary alicyclic amines) is 1.